The van der Waals surface area contributed by atoms with Crippen molar-refractivity contribution < 1.29 is 0 Å². The summed E-state index contributed by atoms with van der Waals surface area (Å²) < 4.78 is 4.83. The van der Waals surface area contributed by atoms with E-state index in [1.807, 2.05) is 0 Å². The first-order chi connectivity index (χ1) is 33.1. The molecular formula is C64H51N3. The number of para-hydroxylation sites is 5. The number of anilines is 2. The van der Waals surface area contributed by atoms with E-state index in [-0.39, 0.29) is 11.3 Å². The largest absolute Gasteiger partial charge is 0.311 e. The first-order valence-electron chi connectivity index (χ1n) is 23.7. The highest BCUT2D eigenvalue weighted by atomic mass is 15.1. The molecule has 0 radical (unpaired) electrons. The SMILES string of the molecule is CC1(c2ccc(CCC(c3ccccc3)c3ccc4c5ccccc5n(-c5ccccc5)c4c3)cc2)C=CC(N(c2ccccc2)c2ccc3c4ccccc4n(-c4ccccc4)c3c2)=CC1. The molecule has 3 nitrogen and oxygen atoms in total. The standard InChI is InChI=1S/C64H51N3/c1-64(42-40-53(41-43-64)65(50-20-8-3-9-21-50)54-36-39-59-57-27-15-17-29-61(57)67(63(59)45-54)52-24-12-5-13-25-52)49-34-30-46(31-35-49)32-37-55(47-18-6-2-7-19-47)48-33-38-58-56-26-14-16-28-60(56)66(62(58)44-48)51-22-10-4-11-23-51/h2-31,33-36,38-42,44-45,55H,32,37,43H2,1H3. The second-order valence-electron chi connectivity index (χ2n) is 18.3. The van der Waals surface area contributed by atoms with E-state index in [4.69, 9.17) is 0 Å². The smallest absolute Gasteiger partial charge is 0.0561 e. The van der Waals surface area contributed by atoms with Gasteiger partial charge in [-0.1, -0.05) is 183 Å². The fourth-order valence-corrected chi connectivity index (χ4v) is 10.7. The van der Waals surface area contributed by atoms with Gasteiger partial charge in [0.1, 0.15) is 0 Å². The Morgan fingerprint density at radius 3 is 1.58 bits per heavy atom. The average Bonchev–Trinajstić information content (AvgIpc) is 3.91. The molecule has 2 aromatic heterocycles. The normalized spacial score (nSPS) is 15.3. The van der Waals surface area contributed by atoms with Crippen molar-refractivity contribution in [1.29, 1.82) is 0 Å². The predicted octanol–water partition coefficient (Wildman–Crippen LogP) is 16.6. The van der Waals surface area contributed by atoms with E-state index in [0.29, 0.717) is 0 Å². The lowest BCUT2D eigenvalue weighted by molar-refractivity contribution is 0.595. The third kappa shape index (κ3) is 7.34. The summed E-state index contributed by atoms with van der Waals surface area (Å²) in [7, 11) is 0. The number of allylic oxidation sites excluding steroid dienone is 3. The molecule has 11 aromatic rings. The minimum Gasteiger partial charge on any atom is -0.311 e. The van der Waals surface area contributed by atoms with Crippen molar-refractivity contribution in [1.82, 2.24) is 9.13 Å². The highest BCUT2D eigenvalue weighted by Crippen LogP contribution is 2.42. The van der Waals surface area contributed by atoms with Crippen LogP contribution in [-0.4, -0.2) is 9.13 Å². The van der Waals surface area contributed by atoms with Crippen LogP contribution in [0.25, 0.3) is 55.0 Å². The summed E-state index contributed by atoms with van der Waals surface area (Å²) in [4.78, 5) is 2.41. The van der Waals surface area contributed by atoms with Crippen molar-refractivity contribution in [3.63, 3.8) is 0 Å². The molecule has 0 saturated heterocycles. The molecule has 9 aromatic carbocycles. The van der Waals surface area contributed by atoms with E-state index >= 15 is 0 Å². The van der Waals surface area contributed by atoms with Gasteiger partial charge in [-0.15, -0.1) is 0 Å². The Labute approximate surface area is 392 Å². The molecule has 322 valence electrons. The molecule has 2 unspecified atom stereocenters. The second kappa shape index (κ2) is 17.0. The maximum Gasteiger partial charge on any atom is 0.0561 e. The minimum atomic E-state index is -0.132. The predicted molar refractivity (Wildman–Crippen MR) is 282 cm³/mol. The van der Waals surface area contributed by atoms with Crippen LogP contribution in [0.1, 0.15) is 47.9 Å². The van der Waals surface area contributed by atoms with Crippen molar-refractivity contribution in [2.75, 3.05) is 4.90 Å². The van der Waals surface area contributed by atoms with Gasteiger partial charge in [0.05, 0.1) is 22.1 Å². The van der Waals surface area contributed by atoms with Crippen LogP contribution in [0.3, 0.4) is 0 Å². The number of rotatable bonds is 11. The summed E-state index contributed by atoms with van der Waals surface area (Å²) in [5, 5.41) is 5.08. The van der Waals surface area contributed by atoms with Gasteiger partial charge in [-0.05, 0) is 114 Å². The molecule has 0 spiro atoms. The summed E-state index contributed by atoms with van der Waals surface area (Å²) in [5.74, 6) is 0.254. The molecular weight excluding hydrogens is 811 g/mol. The Morgan fingerprint density at radius 2 is 0.985 bits per heavy atom. The Morgan fingerprint density at radius 1 is 0.463 bits per heavy atom. The first-order valence-corrected chi connectivity index (χ1v) is 23.7. The Bertz CT molecular complexity index is 3600. The third-order valence-corrected chi connectivity index (χ3v) is 14.2. The van der Waals surface area contributed by atoms with Crippen LogP contribution in [0.5, 0.6) is 0 Å². The van der Waals surface area contributed by atoms with Crippen LogP contribution in [0.15, 0.2) is 254 Å². The van der Waals surface area contributed by atoms with E-state index in [0.717, 1.165) is 36.3 Å². The lowest BCUT2D eigenvalue weighted by Gasteiger charge is -2.33. The number of nitrogens with zero attached hydrogens (tertiary/aromatic N) is 3. The van der Waals surface area contributed by atoms with Crippen molar-refractivity contribution in [3.8, 4) is 11.4 Å². The molecule has 0 fully saturated rings. The highest BCUT2D eigenvalue weighted by molar-refractivity contribution is 6.11. The topological polar surface area (TPSA) is 13.1 Å². The highest BCUT2D eigenvalue weighted by Gasteiger charge is 2.28. The van der Waals surface area contributed by atoms with E-state index in [9.17, 15) is 0 Å². The van der Waals surface area contributed by atoms with Crippen LogP contribution < -0.4 is 4.90 Å². The molecule has 2 heterocycles. The Kier molecular flexibility index (Phi) is 10.3. The van der Waals surface area contributed by atoms with Crippen LogP contribution in [0.4, 0.5) is 11.4 Å². The molecule has 2 atom stereocenters. The van der Waals surface area contributed by atoms with E-state index in [1.54, 1.807) is 0 Å². The van der Waals surface area contributed by atoms with Gasteiger partial charge in [0.25, 0.3) is 0 Å². The molecule has 0 amide bonds. The fourth-order valence-electron chi connectivity index (χ4n) is 10.7. The lowest BCUT2D eigenvalue weighted by Crippen LogP contribution is -2.24. The molecule has 0 N–H and O–H groups in total. The Hall–Kier alpha value is -8.14. The zero-order chi connectivity index (χ0) is 44.7. The lowest BCUT2D eigenvalue weighted by atomic mass is 9.76. The maximum absolute atomic E-state index is 2.45. The first kappa shape index (κ1) is 40.4. The van der Waals surface area contributed by atoms with Crippen molar-refractivity contribution in [3.05, 3.63) is 277 Å². The molecule has 0 aliphatic heterocycles. The molecule has 3 heteroatoms. The van der Waals surface area contributed by atoms with Gasteiger partial charge in [-0.3, -0.25) is 0 Å². The van der Waals surface area contributed by atoms with Crippen molar-refractivity contribution >= 4 is 55.0 Å². The van der Waals surface area contributed by atoms with E-state index in [1.165, 1.54) is 77.2 Å². The number of aromatic nitrogens is 2. The van der Waals surface area contributed by atoms with Gasteiger partial charge < -0.3 is 14.0 Å². The molecule has 0 saturated carbocycles. The van der Waals surface area contributed by atoms with Gasteiger partial charge >= 0.3 is 0 Å². The van der Waals surface area contributed by atoms with Crippen LogP contribution >= 0.6 is 0 Å². The summed E-state index contributed by atoms with van der Waals surface area (Å²) in [6, 6.07) is 84.4. The molecule has 12 rings (SSSR count). The van der Waals surface area contributed by atoms with Gasteiger partial charge in [-0.25, -0.2) is 0 Å². The molecule has 1 aliphatic carbocycles. The summed E-state index contributed by atoms with van der Waals surface area (Å²) in [6.45, 7) is 2.37. The molecule has 67 heavy (non-hydrogen) atoms. The quantitative estimate of drug-likeness (QED) is 0.126. The van der Waals surface area contributed by atoms with Crippen molar-refractivity contribution in [2.45, 2.75) is 37.5 Å². The van der Waals surface area contributed by atoms with Crippen LogP contribution in [0, 0.1) is 0 Å². The third-order valence-electron chi connectivity index (χ3n) is 14.2. The Balaban J connectivity index is 0.825. The van der Waals surface area contributed by atoms with Crippen LogP contribution in [-0.2, 0) is 11.8 Å². The minimum absolute atomic E-state index is 0.132. The maximum atomic E-state index is 2.45. The zero-order valence-electron chi connectivity index (χ0n) is 37.7. The van der Waals surface area contributed by atoms with Gasteiger partial charge in [0.15, 0.2) is 0 Å². The number of fused-ring (bicyclic) bond motifs is 6. The number of aryl methyl sites for hydroxylation is 1. The monoisotopic (exact) mass is 861 g/mol. The van der Waals surface area contributed by atoms with Gasteiger partial charge in [0.2, 0.25) is 0 Å². The van der Waals surface area contributed by atoms with Gasteiger partial charge in [0, 0.05) is 61.3 Å². The summed E-state index contributed by atoms with van der Waals surface area (Å²) >= 11 is 0. The summed E-state index contributed by atoms with van der Waals surface area (Å²) in [5.41, 5.74) is 16.0. The zero-order valence-corrected chi connectivity index (χ0v) is 37.7. The van der Waals surface area contributed by atoms with Crippen LogP contribution in [0.2, 0.25) is 0 Å². The molecule has 0 bridgehead atoms. The number of benzene rings is 9. The van der Waals surface area contributed by atoms with Gasteiger partial charge in [-0.2, -0.15) is 0 Å². The number of hydrogen-bond acceptors (Lipinski definition) is 1. The van der Waals surface area contributed by atoms with Crippen molar-refractivity contribution in [2.24, 2.45) is 0 Å². The average molecular weight is 862 g/mol. The fraction of sp³-hybridized carbons (Fsp3) is 0.0938. The van der Waals surface area contributed by atoms with E-state index < -0.39 is 0 Å². The molecule has 1 aliphatic rings. The summed E-state index contributed by atoms with van der Waals surface area (Å²) in [6.07, 6.45) is 10.1. The van der Waals surface area contributed by atoms with E-state index in [2.05, 4.69) is 270 Å². The second-order valence-corrected chi connectivity index (χ2v) is 18.3. The number of hydrogen-bond donors (Lipinski definition) is 0.